The number of carbonyl (C=O) groups excluding carboxylic acids is 1. The van der Waals surface area contributed by atoms with Gasteiger partial charge in [0.05, 0.1) is 17.1 Å². The Morgan fingerprint density at radius 1 is 1.23 bits per heavy atom. The van der Waals surface area contributed by atoms with Gasteiger partial charge in [0.25, 0.3) is 0 Å². The molecular formula is C21H22BrN3O. The van der Waals surface area contributed by atoms with Crippen molar-refractivity contribution in [1.29, 1.82) is 0 Å². The molecule has 1 unspecified atom stereocenters. The average Bonchev–Trinajstić information content (AvgIpc) is 3.28. The fourth-order valence-electron chi connectivity index (χ4n) is 3.80. The van der Waals surface area contributed by atoms with Crippen molar-refractivity contribution < 1.29 is 4.79 Å². The quantitative estimate of drug-likeness (QED) is 0.640. The third-order valence-corrected chi connectivity index (χ3v) is 5.54. The number of likely N-dealkylation sites (tertiary alicyclic amines) is 1. The predicted octanol–water partition coefficient (Wildman–Crippen LogP) is 5.01. The molecule has 0 radical (unpaired) electrons. The summed E-state index contributed by atoms with van der Waals surface area (Å²) in [7, 11) is 0. The third-order valence-electron chi connectivity index (χ3n) is 5.05. The van der Waals surface area contributed by atoms with E-state index >= 15 is 0 Å². The molecule has 0 bridgehead atoms. The molecule has 1 aliphatic rings. The van der Waals surface area contributed by atoms with E-state index in [0.717, 1.165) is 53.6 Å². The van der Waals surface area contributed by atoms with Gasteiger partial charge < -0.3 is 9.88 Å². The number of aromatic nitrogens is 2. The molecule has 1 saturated heterocycles. The molecule has 3 aromatic rings. The first-order valence-electron chi connectivity index (χ1n) is 9.19. The maximum Gasteiger partial charge on any atom is 0.223 e. The molecule has 5 heteroatoms. The second kappa shape index (κ2) is 7.62. The van der Waals surface area contributed by atoms with E-state index in [9.17, 15) is 4.79 Å². The lowest BCUT2D eigenvalue weighted by Crippen LogP contribution is -2.30. The molecule has 1 aliphatic heterocycles. The third kappa shape index (κ3) is 3.68. The van der Waals surface area contributed by atoms with Crippen LogP contribution in [0.25, 0.3) is 11.0 Å². The summed E-state index contributed by atoms with van der Waals surface area (Å²) >= 11 is 3.53. The first-order valence-corrected chi connectivity index (χ1v) is 9.98. The maximum atomic E-state index is 12.8. The largest absolute Gasteiger partial charge is 0.342 e. The lowest BCUT2D eigenvalue weighted by molar-refractivity contribution is -0.132. The number of hydrogen-bond donors (Lipinski definition) is 1. The zero-order chi connectivity index (χ0) is 17.9. The minimum atomic E-state index is 0.214. The molecule has 2 heterocycles. The van der Waals surface area contributed by atoms with Crippen molar-refractivity contribution in [3.8, 4) is 0 Å². The fraction of sp³-hybridized carbons (Fsp3) is 0.333. The van der Waals surface area contributed by atoms with Crippen LogP contribution in [0.3, 0.4) is 0 Å². The average molecular weight is 412 g/mol. The van der Waals surface area contributed by atoms with Gasteiger partial charge in [-0.25, -0.2) is 4.98 Å². The van der Waals surface area contributed by atoms with Crippen molar-refractivity contribution >= 4 is 32.9 Å². The number of imidazole rings is 1. The number of amides is 1. The van der Waals surface area contributed by atoms with Crippen LogP contribution in [0.1, 0.15) is 43.1 Å². The van der Waals surface area contributed by atoms with Gasteiger partial charge in [-0.1, -0.05) is 40.2 Å². The molecule has 1 amide bonds. The molecule has 0 saturated carbocycles. The number of fused-ring (bicyclic) bond motifs is 1. The van der Waals surface area contributed by atoms with Crippen molar-refractivity contribution in [2.24, 2.45) is 0 Å². The molecule has 1 atom stereocenters. The van der Waals surface area contributed by atoms with E-state index in [-0.39, 0.29) is 11.9 Å². The van der Waals surface area contributed by atoms with E-state index in [2.05, 4.69) is 42.9 Å². The number of nitrogens with zero attached hydrogens (tertiary/aromatic N) is 2. The minimum Gasteiger partial charge on any atom is -0.342 e. The van der Waals surface area contributed by atoms with Crippen LogP contribution in [0.15, 0.2) is 53.0 Å². The number of hydrogen-bond acceptors (Lipinski definition) is 2. The first-order chi connectivity index (χ1) is 12.7. The normalized spacial score (nSPS) is 17.1. The van der Waals surface area contributed by atoms with Crippen LogP contribution in [0.2, 0.25) is 0 Å². The second-order valence-corrected chi connectivity index (χ2v) is 7.77. The van der Waals surface area contributed by atoms with E-state index in [1.54, 1.807) is 0 Å². The second-order valence-electron chi connectivity index (χ2n) is 6.85. The van der Waals surface area contributed by atoms with E-state index in [4.69, 9.17) is 0 Å². The molecule has 1 aromatic heterocycles. The van der Waals surface area contributed by atoms with Gasteiger partial charge in [0.15, 0.2) is 0 Å². The Bertz CT molecular complexity index is 887. The summed E-state index contributed by atoms with van der Waals surface area (Å²) < 4.78 is 1.07. The molecule has 4 nitrogen and oxygen atoms in total. The molecule has 134 valence electrons. The van der Waals surface area contributed by atoms with Gasteiger partial charge >= 0.3 is 0 Å². The standard InChI is InChI=1S/C21H22BrN3O/c22-16-7-3-6-15(14-16)19-10-5-13-25(19)21(26)12-4-11-20-23-17-8-1-2-9-18(17)24-20/h1-3,6-9,14,19H,4-5,10-13H2,(H,23,24). The number of aryl methyl sites for hydroxylation is 1. The van der Waals surface area contributed by atoms with Crippen LogP contribution in [0, 0.1) is 0 Å². The molecule has 4 rings (SSSR count). The molecular weight excluding hydrogens is 390 g/mol. The summed E-state index contributed by atoms with van der Waals surface area (Å²) in [5.74, 6) is 1.22. The molecule has 0 spiro atoms. The highest BCUT2D eigenvalue weighted by Crippen LogP contribution is 2.33. The van der Waals surface area contributed by atoms with E-state index in [1.165, 1.54) is 5.56 Å². The van der Waals surface area contributed by atoms with Crippen molar-refractivity contribution in [3.05, 3.63) is 64.4 Å². The lowest BCUT2D eigenvalue weighted by Gasteiger charge is -2.25. The molecule has 26 heavy (non-hydrogen) atoms. The topological polar surface area (TPSA) is 49.0 Å². The van der Waals surface area contributed by atoms with Gasteiger partial charge in [-0.05, 0) is 49.1 Å². The zero-order valence-electron chi connectivity index (χ0n) is 14.6. The van der Waals surface area contributed by atoms with Crippen LogP contribution in [0.5, 0.6) is 0 Å². The molecule has 2 aromatic carbocycles. The summed E-state index contributed by atoms with van der Waals surface area (Å²) in [6, 6.07) is 16.6. The van der Waals surface area contributed by atoms with E-state index in [0.29, 0.717) is 6.42 Å². The summed E-state index contributed by atoms with van der Waals surface area (Å²) in [4.78, 5) is 22.7. The Morgan fingerprint density at radius 2 is 2.12 bits per heavy atom. The van der Waals surface area contributed by atoms with E-state index in [1.807, 2.05) is 36.4 Å². The Balaban J connectivity index is 1.36. The van der Waals surface area contributed by atoms with Crippen molar-refractivity contribution in [2.75, 3.05) is 6.54 Å². The molecule has 1 fully saturated rings. The summed E-state index contributed by atoms with van der Waals surface area (Å²) in [5, 5.41) is 0. The highest BCUT2D eigenvalue weighted by atomic mass is 79.9. The van der Waals surface area contributed by atoms with Gasteiger partial charge in [-0.2, -0.15) is 0 Å². The van der Waals surface area contributed by atoms with Gasteiger partial charge in [-0.15, -0.1) is 0 Å². The van der Waals surface area contributed by atoms with Crippen molar-refractivity contribution in [3.63, 3.8) is 0 Å². The Morgan fingerprint density at radius 3 is 2.96 bits per heavy atom. The number of nitrogens with one attached hydrogen (secondary N) is 1. The maximum absolute atomic E-state index is 12.8. The van der Waals surface area contributed by atoms with Gasteiger partial charge in [0.1, 0.15) is 5.82 Å². The smallest absolute Gasteiger partial charge is 0.223 e. The number of benzene rings is 2. The number of aromatic amines is 1. The van der Waals surface area contributed by atoms with Gasteiger partial charge in [0.2, 0.25) is 5.91 Å². The van der Waals surface area contributed by atoms with Crippen LogP contribution in [-0.2, 0) is 11.2 Å². The Kier molecular flexibility index (Phi) is 5.07. The fourth-order valence-corrected chi connectivity index (χ4v) is 4.22. The minimum absolute atomic E-state index is 0.214. The van der Waals surface area contributed by atoms with Crippen molar-refractivity contribution in [1.82, 2.24) is 14.9 Å². The van der Waals surface area contributed by atoms with Gasteiger partial charge in [-0.3, -0.25) is 4.79 Å². The number of rotatable bonds is 5. The number of para-hydroxylation sites is 2. The highest BCUT2D eigenvalue weighted by molar-refractivity contribution is 9.10. The van der Waals surface area contributed by atoms with E-state index < -0.39 is 0 Å². The van der Waals surface area contributed by atoms with Crippen LogP contribution >= 0.6 is 15.9 Å². The molecule has 0 aliphatic carbocycles. The number of H-pyrrole nitrogens is 1. The highest BCUT2D eigenvalue weighted by Gasteiger charge is 2.29. The summed E-state index contributed by atoms with van der Waals surface area (Å²) in [6.07, 6.45) is 4.32. The van der Waals surface area contributed by atoms with Crippen molar-refractivity contribution in [2.45, 2.75) is 38.1 Å². The predicted molar refractivity (Wildman–Crippen MR) is 107 cm³/mol. The van der Waals surface area contributed by atoms with Gasteiger partial charge in [0, 0.05) is 23.9 Å². The SMILES string of the molecule is O=C(CCCc1nc2ccccc2[nH]1)N1CCCC1c1cccc(Br)c1. The number of halogens is 1. The summed E-state index contributed by atoms with van der Waals surface area (Å²) in [6.45, 7) is 0.862. The number of carbonyl (C=O) groups is 1. The van der Waals surface area contributed by atoms with Crippen LogP contribution in [0.4, 0.5) is 0 Å². The summed E-state index contributed by atoms with van der Waals surface area (Å²) in [5.41, 5.74) is 3.27. The lowest BCUT2D eigenvalue weighted by atomic mass is 10.0. The Hall–Kier alpha value is -2.14. The Labute approximate surface area is 161 Å². The zero-order valence-corrected chi connectivity index (χ0v) is 16.2. The van der Waals surface area contributed by atoms with Crippen LogP contribution < -0.4 is 0 Å². The first kappa shape index (κ1) is 17.3. The molecule has 1 N–H and O–H groups in total. The van der Waals surface area contributed by atoms with Crippen LogP contribution in [-0.4, -0.2) is 27.3 Å². The monoisotopic (exact) mass is 411 g/mol.